The molecule has 1 spiro atoms. The van der Waals surface area contributed by atoms with E-state index in [0.717, 1.165) is 12.8 Å². The van der Waals surface area contributed by atoms with Gasteiger partial charge < -0.3 is 4.74 Å². The summed E-state index contributed by atoms with van der Waals surface area (Å²) >= 11 is 3.25. The van der Waals surface area contributed by atoms with Gasteiger partial charge in [-0.3, -0.25) is 0 Å². The van der Waals surface area contributed by atoms with Gasteiger partial charge in [0, 0.05) is 5.41 Å². The van der Waals surface area contributed by atoms with Crippen molar-refractivity contribution >= 4 is 26.0 Å². The number of ether oxygens (including phenoxy) is 1. The van der Waals surface area contributed by atoms with Gasteiger partial charge in [-0.05, 0) is 24.7 Å². The van der Waals surface area contributed by atoms with E-state index in [1.807, 2.05) is 0 Å². The molecule has 5 fully saturated rings. The molecule has 0 amide bonds. The van der Waals surface area contributed by atoms with Crippen molar-refractivity contribution in [2.45, 2.75) is 30.2 Å². The van der Waals surface area contributed by atoms with E-state index in [1.165, 1.54) is 0 Å². The van der Waals surface area contributed by atoms with Crippen molar-refractivity contribution in [3.8, 4) is 0 Å². The minimum Gasteiger partial charge on any atom is -0.365 e. The maximum Gasteiger partial charge on any atom is 0.215 e. The summed E-state index contributed by atoms with van der Waals surface area (Å²) in [5.74, 6) is 1.11. The van der Waals surface area contributed by atoms with Crippen molar-refractivity contribution in [1.29, 1.82) is 0 Å². The second kappa shape index (κ2) is 2.44. The van der Waals surface area contributed by atoms with Crippen LogP contribution in [0.4, 0.5) is 0 Å². The Balaban J connectivity index is 1.78. The van der Waals surface area contributed by atoms with E-state index in [4.69, 9.17) is 4.74 Å². The number of sulfonamides is 1. The molecule has 1 heterocycles. The van der Waals surface area contributed by atoms with Gasteiger partial charge in [-0.15, -0.1) is 0 Å². The molecule has 0 radical (unpaired) electrons. The predicted octanol–water partition coefficient (Wildman–Crippen LogP) is 0.434. The number of nitrogens with one attached hydrogen (secondary N) is 1. The highest BCUT2D eigenvalue weighted by atomic mass is 79.9. The van der Waals surface area contributed by atoms with Gasteiger partial charge in [-0.25, -0.2) is 13.1 Å². The summed E-state index contributed by atoms with van der Waals surface area (Å²) in [6, 6.07) is 0.0637. The van der Waals surface area contributed by atoms with Crippen LogP contribution >= 0.6 is 15.9 Å². The molecule has 2 bridgehead atoms. The molecule has 1 N–H and O–H groups in total. The number of alkyl halides is 1. The van der Waals surface area contributed by atoms with E-state index in [0.29, 0.717) is 17.4 Å². The van der Waals surface area contributed by atoms with Crippen molar-refractivity contribution in [2.75, 3.05) is 5.52 Å². The molecular weight excluding hydrogens is 282 g/mol. The Morgan fingerprint density at radius 2 is 2.33 bits per heavy atom. The first kappa shape index (κ1) is 9.39. The lowest BCUT2D eigenvalue weighted by molar-refractivity contribution is -0.207. The summed E-state index contributed by atoms with van der Waals surface area (Å²) in [5, 5.41) is -0.111. The van der Waals surface area contributed by atoms with Crippen LogP contribution in [0.5, 0.6) is 0 Å². The Kier molecular flexibility index (Phi) is 1.53. The average Bonchev–Trinajstić information content (AvgIpc) is 2.71. The Labute approximate surface area is 96.9 Å². The lowest BCUT2D eigenvalue weighted by atomic mass is 9.44. The number of rotatable bonds is 2. The molecule has 4 saturated carbocycles. The minimum atomic E-state index is -3.04. The lowest BCUT2D eigenvalue weighted by Crippen LogP contribution is -2.73. The van der Waals surface area contributed by atoms with Crippen LogP contribution in [0.15, 0.2) is 0 Å². The smallest absolute Gasteiger partial charge is 0.215 e. The zero-order valence-corrected chi connectivity index (χ0v) is 10.4. The summed E-state index contributed by atoms with van der Waals surface area (Å²) in [6.07, 6.45) is 2.07. The highest BCUT2D eigenvalue weighted by molar-refractivity contribution is 9.09. The van der Waals surface area contributed by atoms with Gasteiger partial charge in [0.2, 0.25) is 10.0 Å². The highest BCUT2D eigenvalue weighted by Gasteiger charge is 2.84. The monoisotopic (exact) mass is 293 g/mol. The lowest BCUT2D eigenvalue weighted by Gasteiger charge is -2.64. The molecule has 15 heavy (non-hydrogen) atoms. The van der Waals surface area contributed by atoms with Crippen LogP contribution in [0.2, 0.25) is 0 Å². The third kappa shape index (κ3) is 0.769. The third-order valence-electron chi connectivity index (χ3n) is 5.04. The zero-order valence-electron chi connectivity index (χ0n) is 8.02. The molecule has 4 nitrogen and oxygen atoms in total. The Morgan fingerprint density at radius 3 is 3.07 bits per heavy atom. The molecule has 0 aromatic rings. The van der Waals surface area contributed by atoms with Crippen molar-refractivity contribution < 1.29 is 13.2 Å². The van der Waals surface area contributed by atoms with Crippen LogP contribution in [0.25, 0.3) is 0 Å². The van der Waals surface area contributed by atoms with E-state index >= 15 is 0 Å². The Morgan fingerprint density at radius 1 is 1.53 bits per heavy atom. The molecule has 84 valence electrons. The molecule has 5 aliphatic rings. The van der Waals surface area contributed by atoms with Crippen LogP contribution in [0.1, 0.15) is 12.8 Å². The van der Waals surface area contributed by atoms with Gasteiger partial charge in [0.1, 0.15) is 5.52 Å². The molecule has 1 aliphatic heterocycles. The van der Waals surface area contributed by atoms with Crippen LogP contribution in [-0.2, 0) is 14.8 Å². The molecular formula is C9H12BrNO3S. The van der Waals surface area contributed by atoms with Crippen LogP contribution < -0.4 is 4.72 Å². The maximum absolute atomic E-state index is 11.9. The summed E-state index contributed by atoms with van der Waals surface area (Å²) < 4.78 is 32.2. The second-order valence-electron chi connectivity index (χ2n) is 5.21. The normalized spacial score (nSPS) is 62.1. The molecule has 5 rings (SSSR count). The average molecular weight is 294 g/mol. The zero-order chi connectivity index (χ0) is 10.4. The van der Waals surface area contributed by atoms with Gasteiger partial charge in [-0.1, -0.05) is 15.9 Å². The molecule has 1 saturated heterocycles. The summed E-state index contributed by atoms with van der Waals surface area (Å²) in [5.41, 5.74) is 0.566. The quantitative estimate of drug-likeness (QED) is 0.752. The first-order valence-corrected chi connectivity index (χ1v) is 7.97. The summed E-state index contributed by atoms with van der Waals surface area (Å²) in [6.45, 7) is 0. The van der Waals surface area contributed by atoms with E-state index < -0.39 is 10.0 Å². The standard InChI is InChI=1S/C9H12BrNO3S/c10-3-14-7-6-4-1-5-9(6,2-4)8(7)11-15(5,12)13/h4-8,11H,1-3H2/t4?,5?,6-,7?,8?,9?/m1/s1. The first-order valence-electron chi connectivity index (χ1n) is 5.30. The van der Waals surface area contributed by atoms with E-state index in [-0.39, 0.29) is 22.8 Å². The first-order chi connectivity index (χ1) is 7.11. The van der Waals surface area contributed by atoms with Crippen LogP contribution in [0.3, 0.4) is 0 Å². The SMILES string of the molecule is O=S1(=O)NC2C(OCBr)[C@H]3C4CC1C23C4. The van der Waals surface area contributed by atoms with Crippen molar-refractivity contribution in [3.05, 3.63) is 0 Å². The fourth-order valence-electron chi connectivity index (χ4n) is 4.69. The van der Waals surface area contributed by atoms with E-state index in [2.05, 4.69) is 20.7 Å². The third-order valence-corrected chi connectivity index (χ3v) is 7.27. The molecule has 5 unspecified atom stereocenters. The maximum atomic E-state index is 11.9. The van der Waals surface area contributed by atoms with E-state index in [1.54, 1.807) is 0 Å². The second-order valence-corrected chi connectivity index (χ2v) is 7.56. The Bertz CT molecular complexity index is 439. The summed E-state index contributed by atoms with van der Waals surface area (Å²) in [4.78, 5) is 0. The van der Waals surface area contributed by atoms with Crippen molar-refractivity contribution in [1.82, 2.24) is 4.72 Å². The number of hydrogen-bond donors (Lipinski definition) is 1. The number of halogens is 1. The topological polar surface area (TPSA) is 55.4 Å². The predicted molar refractivity (Wildman–Crippen MR) is 56.9 cm³/mol. The minimum absolute atomic E-state index is 0.0637. The van der Waals surface area contributed by atoms with Crippen LogP contribution in [0, 0.1) is 17.3 Å². The summed E-state index contributed by atoms with van der Waals surface area (Å²) in [7, 11) is -3.04. The van der Waals surface area contributed by atoms with Crippen LogP contribution in [-0.4, -0.2) is 31.3 Å². The Hall–Kier alpha value is 0.350. The largest absolute Gasteiger partial charge is 0.365 e. The molecule has 6 atom stereocenters. The van der Waals surface area contributed by atoms with Gasteiger partial charge in [0.05, 0.1) is 17.4 Å². The van der Waals surface area contributed by atoms with Crippen molar-refractivity contribution in [3.63, 3.8) is 0 Å². The fourth-order valence-corrected chi connectivity index (χ4v) is 7.35. The van der Waals surface area contributed by atoms with Gasteiger partial charge in [0.25, 0.3) is 0 Å². The molecule has 4 aliphatic carbocycles. The molecule has 0 aromatic heterocycles. The van der Waals surface area contributed by atoms with Gasteiger partial charge in [0.15, 0.2) is 0 Å². The van der Waals surface area contributed by atoms with Crippen molar-refractivity contribution in [2.24, 2.45) is 17.3 Å². The van der Waals surface area contributed by atoms with E-state index in [9.17, 15) is 8.42 Å². The molecule has 0 aromatic carbocycles. The highest BCUT2D eigenvalue weighted by Crippen LogP contribution is 2.77. The fraction of sp³-hybridized carbons (Fsp3) is 1.00. The van der Waals surface area contributed by atoms with Gasteiger partial charge in [-0.2, -0.15) is 0 Å². The molecule has 6 heteroatoms. The number of hydrogen-bond acceptors (Lipinski definition) is 3. The van der Waals surface area contributed by atoms with Gasteiger partial charge >= 0.3 is 0 Å².